The van der Waals surface area contributed by atoms with Gasteiger partial charge in [0.05, 0.1) is 5.60 Å². The molecule has 0 atom stereocenters. The highest BCUT2D eigenvalue weighted by Gasteiger charge is 2.20. The normalized spacial score (nSPS) is 18.8. The highest BCUT2D eigenvalue weighted by Crippen LogP contribution is 2.28. The number of nitrogens with zero attached hydrogens (tertiary/aromatic N) is 1. The van der Waals surface area contributed by atoms with Crippen LogP contribution in [-0.2, 0) is 5.60 Å². The van der Waals surface area contributed by atoms with Gasteiger partial charge in [-0.3, -0.25) is 0 Å². The second-order valence-electron chi connectivity index (χ2n) is 3.79. The van der Waals surface area contributed by atoms with Gasteiger partial charge in [0.1, 0.15) is 5.52 Å². The van der Waals surface area contributed by atoms with Gasteiger partial charge < -0.3 is 5.11 Å². The molecule has 17 heavy (non-hydrogen) atoms. The Morgan fingerprint density at radius 2 is 2.12 bits per heavy atom. The van der Waals surface area contributed by atoms with Crippen molar-refractivity contribution < 1.29 is 17.7 Å². The van der Waals surface area contributed by atoms with E-state index in [1.807, 2.05) is 0 Å². The fourth-order valence-corrected chi connectivity index (χ4v) is 2.12. The molecule has 0 fully saturated rings. The number of aromatic nitrogens is 1. The minimum Gasteiger partial charge on any atom is -0.386 e. The molecule has 90 valence electrons. The SMILES string of the molecule is [2H]C([2H])([2H])C(O)(c1cc2cc(Br)cc(F)c2nc1C)C([2H])([2H])[2H]. The van der Waals surface area contributed by atoms with Crippen LogP contribution in [0.4, 0.5) is 4.39 Å². The molecular weight excluding hydrogens is 285 g/mol. The second kappa shape index (κ2) is 4.03. The first-order valence-electron chi connectivity index (χ1n) is 7.78. The van der Waals surface area contributed by atoms with E-state index in [-0.39, 0.29) is 22.2 Å². The number of aryl methyl sites for hydroxylation is 1. The minimum atomic E-state index is -3.22. The van der Waals surface area contributed by atoms with Gasteiger partial charge in [-0.2, -0.15) is 0 Å². The first-order valence-corrected chi connectivity index (χ1v) is 5.57. The number of rotatable bonds is 1. The summed E-state index contributed by atoms with van der Waals surface area (Å²) in [5.74, 6) is -0.643. The third-order valence-corrected chi connectivity index (χ3v) is 2.87. The van der Waals surface area contributed by atoms with E-state index in [1.165, 1.54) is 19.1 Å². The summed E-state index contributed by atoms with van der Waals surface area (Å²) in [5.41, 5.74) is -3.58. The molecule has 0 saturated carbocycles. The van der Waals surface area contributed by atoms with Crippen LogP contribution in [0.5, 0.6) is 0 Å². The Morgan fingerprint density at radius 1 is 1.41 bits per heavy atom. The summed E-state index contributed by atoms with van der Waals surface area (Å²) < 4.78 is 59.2. The highest BCUT2D eigenvalue weighted by molar-refractivity contribution is 9.10. The van der Waals surface area contributed by atoms with Gasteiger partial charge in [-0.1, -0.05) is 15.9 Å². The van der Waals surface area contributed by atoms with E-state index >= 15 is 0 Å². The topological polar surface area (TPSA) is 33.1 Å². The third kappa shape index (κ3) is 2.33. The Hall–Kier alpha value is -1.00. The van der Waals surface area contributed by atoms with Crippen LogP contribution in [0.15, 0.2) is 22.7 Å². The van der Waals surface area contributed by atoms with Crippen molar-refractivity contribution in [3.05, 3.63) is 39.7 Å². The van der Waals surface area contributed by atoms with Gasteiger partial charge >= 0.3 is 0 Å². The second-order valence-corrected chi connectivity index (χ2v) is 4.71. The van der Waals surface area contributed by atoms with Crippen LogP contribution < -0.4 is 0 Å². The number of hydrogen-bond acceptors (Lipinski definition) is 2. The molecular formula is C13H13BrFNO. The number of hydrogen-bond donors (Lipinski definition) is 1. The van der Waals surface area contributed by atoms with Crippen molar-refractivity contribution in [1.29, 1.82) is 0 Å². The average Bonchev–Trinajstić information content (AvgIpc) is 2.35. The molecule has 0 saturated heterocycles. The maximum Gasteiger partial charge on any atom is 0.150 e. The molecule has 1 heterocycles. The zero-order valence-electron chi connectivity index (χ0n) is 14.9. The van der Waals surface area contributed by atoms with Gasteiger partial charge in [-0.25, -0.2) is 9.37 Å². The first-order chi connectivity index (χ1) is 10.3. The van der Waals surface area contributed by atoms with Gasteiger partial charge in [-0.05, 0) is 38.8 Å². The molecule has 0 spiro atoms. The number of benzene rings is 1. The van der Waals surface area contributed by atoms with Crippen LogP contribution in [0.2, 0.25) is 0 Å². The van der Waals surface area contributed by atoms with Crippen molar-refractivity contribution in [3.63, 3.8) is 0 Å². The maximum atomic E-state index is 13.9. The first kappa shape index (κ1) is 6.81. The quantitative estimate of drug-likeness (QED) is 0.872. The molecule has 1 aromatic heterocycles. The molecule has 4 heteroatoms. The molecule has 2 nitrogen and oxygen atoms in total. The molecule has 2 aromatic rings. The lowest BCUT2D eigenvalue weighted by atomic mass is 9.95. The number of fused-ring (bicyclic) bond motifs is 1. The van der Waals surface area contributed by atoms with Crippen LogP contribution in [0.3, 0.4) is 0 Å². The van der Waals surface area contributed by atoms with Crippen molar-refractivity contribution in [2.75, 3.05) is 0 Å². The molecule has 0 unspecified atom stereocenters. The van der Waals surface area contributed by atoms with E-state index in [2.05, 4.69) is 20.9 Å². The number of pyridine rings is 1. The van der Waals surface area contributed by atoms with Gasteiger partial charge in [0, 0.05) is 29.3 Å². The Kier molecular flexibility index (Phi) is 1.61. The summed E-state index contributed by atoms with van der Waals surface area (Å²) in [6, 6.07) is 3.81. The zero-order chi connectivity index (χ0) is 17.8. The summed E-state index contributed by atoms with van der Waals surface area (Å²) in [5, 5.41) is 10.7. The van der Waals surface area contributed by atoms with E-state index in [0.29, 0.717) is 4.47 Å². The average molecular weight is 304 g/mol. The lowest BCUT2D eigenvalue weighted by Crippen LogP contribution is -2.18. The van der Waals surface area contributed by atoms with Gasteiger partial charge in [0.15, 0.2) is 5.82 Å². The van der Waals surface area contributed by atoms with Crippen LogP contribution in [-0.4, -0.2) is 10.1 Å². The number of halogens is 2. The fraction of sp³-hybridized carbons (Fsp3) is 0.308. The molecule has 0 aliphatic carbocycles. The van der Waals surface area contributed by atoms with Crippen molar-refractivity contribution >= 4 is 26.8 Å². The predicted octanol–water partition coefficient (Wildman–Crippen LogP) is 3.67. The van der Waals surface area contributed by atoms with Gasteiger partial charge in [-0.15, -0.1) is 0 Å². The molecule has 0 radical (unpaired) electrons. The van der Waals surface area contributed by atoms with E-state index in [4.69, 9.17) is 8.22 Å². The Morgan fingerprint density at radius 3 is 2.76 bits per heavy atom. The minimum absolute atomic E-state index is 0.0344. The Balaban J connectivity index is 2.88. The fourth-order valence-electron chi connectivity index (χ4n) is 1.67. The van der Waals surface area contributed by atoms with Crippen molar-refractivity contribution in [2.45, 2.75) is 26.2 Å². The van der Waals surface area contributed by atoms with E-state index in [0.717, 1.165) is 6.07 Å². The molecule has 2 rings (SSSR count). The van der Waals surface area contributed by atoms with E-state index in [9.17, 15) is 9.50 Å². The Labute approximate surface area is 116 Å². The molecule has 0 bridgehead atoms. The van der Waals surface area contributed by atoms with Crippen molar-refractivity contribution in [3.8, 4) is 0 Å². The molecule has 1 aromatic carbocycles. The van der Waals surface area contributed by atoms with Gasteiger partial charge in [0.25, 0.3) is 0 Å². The summed E-state index contributed by atoms with van der Waals surface area (Å²) in [6.45, 7) is -5.11. The molecule has 1 N–H and O–H groups in total. The summed E-state index contributed by atoms with van der Waals surface area (Å²) in [4.78, 5) is 3.95. The predicted molar refractivity (Wildman–Crippen MR) is 69.4 cm³/mol. The molecule has 0 aliphatic rings. The monoisotopic (exact) mass is 303 g/mol. The largest absolute Gasteiger partial charge is 0.386 e. The summed E-state index contributed by atoms with van der Waals surface area (Å²) >= 11 is 3.10. The Bertz CT molecular complexity index is 760. The van der Waals surface area contributed by atoms with Gasteiger partial charge in [0.2, 0.25) is 0 Å². The lowest BCUT2D eigenvalue weighted by Gasteiger charge is -2.20. The van der Waals surface area contributed by atoms with E-state index in [1.54, 1.807) is 0 Å². The molecule has 0 amide bonds. The number of aliphatic hydroxyl groups is 1. The summed E-state index contributed by atoms with van der Waals surface area (Å²) in [6.07, 6.45) is 0. The summed E-state index contributed by atoms with van der Waals surface area (Å²) in [7, 11) is 0. The standard InChI is InChI=1S/C13H13BrFNO/c1-7-10(13(2,3)17)5-8-4-9(14)6-11(15)12(8)16-7/h4-6,17H,1-3H3/i2D3,3D3. The van der Waals surface area contributed by atoms with Crippen LogP contribution >= 0.6 is 15.9 Å². The zero-order valence-corrected chi connectivity index (χ0v) is 10.5. The van der Waals surface area contributed by atoms with E-state index < -0.39 is 25.1 Å². The smallest absolute Gasteiger partial charge is 0.150 e. The third-order valence-electron chi connectivity index (χ3n) is 2.42. The molecule has 0 aliphatic heterocycles. The van der Waals surface area contributed by atoms with Crippen molar-refractivity contribution in [2.24, 2.45) is 0 Å². The van der Waals surface area contributed by atoms with Crippen molar-refractivity contribution in [1.82, 2.24) is 4.98 Å². The van der Waals surface area contributed by atoms with Crippen LogP contribution in [0.1, 0.15) is 33.2 Å². The maximum absolute atomic E-state index is 13.9. The van der Waals surface area contributed by atoms with Crippen LogP contribution in [0.25, 0.3) is 10.9 Å². The van der Waals surface area contributed by atoms with Crippen LogP contribution in [0, 0.1) is 12.7 Å². The highest BCUT2D eigenvalue weighted by atomic mass is 79.9. The lowest BCUT2D eigenvalue weighted by molar-refractivity contribution is 0.0776.